The number of nitrogens with two attached hydrogens (primary N) is 1. The Bertz CT molecular complexity index is 382. The Morgan fingerprint density at radius 2 is 1.94 bits per heavy atom. The van der Waals surface area contributed by atoms with Crippen LogP contribution in [0.25, 0.3) is 0 Å². The van der Waals surface area contributed by atoms with Crippen molar-refractivity contribution in [1.82, 2.24) is 0 Å². The van der Waals surface area contributed by atoms with E-state index in [4.69, 9.17) is 5.73 Å². The molecule has 17 heavy (non-hydrogen) atoms. The van der Waals surface area contributed by atoms with Gasteiger partial charge in [0.1, 0.15) is 0 Å². The number of rotatable bonds is 2. The van der Waals surface area contributed by atoms with Crippen LogP contribution in [0.5, 0.6) is 0 Å². The molecule has 1 heterocycles. The van der Waals surface area contributed by atoms with Crippen LogP contribution in [-0.2, 0) is 6.54 Å². The number of halogens is 1. The van der Waals surface area contributed by atoms with Gasteiger partial charge in [-0.2, -0.15) is 0 Å². The van der Waals surface area contributed by atoms with Crippen LogP contribution in [0.1, 0.15) is 25.8 Å². The minimum atomic E-state index is 0.605. The fraction of sp³-hybridized carbons (Fsp3) is 0.571. The number of piperidine rings is 1. The summed E-state index contributed by atoms with van der Waals surface area (Å²) in [5.41, 5.74) is 8.40. The Kier molecular flexibility index (Phi) is 4.10. The molecule has 1 aromatic carbocycles. The number of hydrogen-bond acceptors (Lipinski definition) is 2. The zero-order valence-electron chi connectivity index (χ0n) is 10.6. The molecule has 2 atom stereocenters. The zero-order chi connectivity index (χ0) is 12.4. The second-order valence-corrected chi connectivity index (χ2v) is 6.24. The summed E-state index contributed by atoms with van der Waals surface area (Å²) >= 11 is 3.51. The van der Waals surface area contributed by atoms with E-state index in [1.165, 1.54) is 17.7 Å². The van der Waals surface area contributed by atoms with Crippen molar-refractivity contribution in [1.29, 1.82) is 0 Å². The lowest BCUT2D eigenvalue weighted by molar-refractivity contribution is 0.356. The molecular weight excluding hydrogens is 276 g/mol. The molecular formula is C14H21BrN2. The molecule has 1 aromatic rings. The molecule has 0 bridgehead atoms. The van der Waals surface area contributed by atoms with E-state index in [0.717, 1.165) is 29.4 Å². The molecule has 0 radical (unpaired) electrons. The highest BCUT2D eigenvalue weighted by atomic mass is 79.9. The van der Waals surface area contributed by atoms with E-state index in [1.807, 2.05) is 0 Å². The Balaban J connectivity index is 2.26. The third-order valence-electron chi connectivity index (χ3n) is 3.47. The summed E-state index contributed by atoms with van der Waals surface area (Å²) in [5.74, 6) is 1.54. The molecule has 0 amide bonds. The van der Waals surface area contributed by atoms with Gasteiger partial charge in [-0.05, 0) is 42.0 Å². The molecule has 0 aromatic heterocycles. The lowest BCUT2D eigenvalue weighted by Crippen LogP contribution is -2.39. The molecule has 0 spiro atoms. The topological polar surface area (TPSA) is 29.3 Å². The first-order valence-corrected chi connectivity index (χ1v) is 7.13. The molecule has 94 valence electrons. The molecule has 0 saturated carbocycles. The Morgan fingerprint density at radius 3 is 2.53 bits per heavy atom. The van der Waals surface area contributed by atoms with Crippen LogP contribution < -0.4 is 10.6 Å². The Morgan fingerprint density at radius 1 is 1.29 bits per heavy atom. The maximum Gasteiger partial charge on any atom is 0.0412 e. The molecule has 1 saturated heterocycles. The van der Waals surface area contributed by atoms with E-state index in [0.29, 0.717) is 6.54 Å². The maximum atomic E-state index is 5.85. The van der Waals surface area contributed by atoms with E-state index in [1.54, 1.807) is 0 Å². The average Bonchev–Trinajstić information content (AvgIpc) is 2.27. The molecule has 2 rings (SSSR count). The van der Waals surface area contributed by atoms with Crippen molar-refractivity contribution in [2.75, 3.05) is 18.0 Å². The molecule has 2 unspecified atom stereocenters. The van der Waals surface area contributed by atoms with Crippen molar-refractivity contribution in [3.63, 3.8) is 0 Å². The Hall–Kier alpha value is -0.540. The summed E-state index contributed by atoms with van der Waals surface area (Å²) in [6, 6.07) is 6.44. The first-order chi connectivity index (χ1) is 8.10. The minimum absolute atomic E-state index is 0.605. The van der Waals surface area contributed by atoms with Crippen LogP contribution in [-0.4, -0.2) is 13.1 Å². The van der Waals surface area contributed by atoms with Gasteiger partial charge in [0.25, 0.3) is 0 Å². The normalized spacial score (nSPS) is 25.1. The fourth-order valence-corrected chi connectivity index (χ4v) is 3.29. The molecule has 1 aliphatic rings. The number of anilines is 1. The average molecular weight is 297 g/mol. The number of benzene rings is 1. The quantitative estimate of drug-likeness (QED) is 0.906. The van der Waals surface area contributed by atoms with Gasteiger partial charge >= 0.3 is 0 Å². The highest BCUT2D eigenvalue weighted by Crippen LogP contribution is 2.30. The van der Waals surface area contributed by atoms with E-state index >= 15 is 0 Å². The lowest BCUT2D eigenvalue weighted by Gasteiger charge is -2.37. The van der Waals surface area contributed by atoms with Gasteiger partial charge in [-0.1, -0.05) is 29.8 Å². The summed E-state index contributed by atoms with van der Waals surface area (Å²) in [5, 5.41) is 0. The summed E-state index contributed by atoms with van der Waals surface area (Å²) < 4.78 is 1.11. The van der Waals surface area contributed by atoms with E-state index in [-0.39, 0.29) is 0 Å². The van der Waals surface area contributed by atoms with Crippen molar-refractivity contribution in [2.24, 2.45) is 17.6 Å². The predicted molar refractivity (Wildman–Crippen MR) is 77.2 cm³/mol. The lowest BCUT2D eigenvalue weighted by atomic mass is 9.91. The first kappa shape index (κ1) is 12.9. The highest BCUT2D eigenvalue weighted by Gasteiger charge is 2.23. The van der Waals surface area contributed by atoms with Crippen molar-refractivity contribution >= 4 is 21.6 Å². The molecule has 0 aliphatic carbocycles. The van der Waals surface area contributed by atoms with Crippen LogP contribution in [0.3, 0.4) is 0 Å². The van der Waals surface area contributed by atoms with Gasteiger partial charge in [-0.15, -0.1) is 0 Å². The summed E-state index contributed by atoms with van der Waals surface area (Å²) in [7, 11) is 0. The second-order valence-electron chi connectivity index (χ2n) is 5.33. The van der Waals surface area contributed by atoms with Crippen molar-refractivity contribution in [3.8, 4) is 0 Å². The fourth-order valence-electron chi connectivity index (χ4n) is 2.89. The standard InChI is InChI=1S/C14H21BrN2/c1-10-5-11(2)9-17(8-10)14-4-3-13(15)6-12(14)7-16/h3-4,6,10-11H,5,7-9,16H2,1-2H3. The van der Waals surface area contributed by atoms with Gasteiger partial charge in [0.15, 0.2) is 0 Å². The second kappa shape index (κ2) is 5.40. The monoisotopic (exact) mass is 296 g/mol. The van der Waals surface area contributed by atoms with E-state index < -0.39 is 0 Å². The van der Waals surface area contributed by atoms with Gasteiger partial charge in [0, 0.05) is 29.8 Å². The van der Waals surface area contributed by atoms with Gasteiger partial charge < -0.3 is 10.6 Å². The first-order valence-electron chi connectivity index (χ1n) is 6.33. The van der Waals surface area contributed by atoms with Crippen molar-refractivity contribution in [2.45, 2.75) is 26.8 Å². The highest BCUT2D eigenvalue weighted by molar-refractivity contribution is 9.10. The molecule has 2 nitrogen and oxygen atoms in total. The largest absolute Gasteiger partial charge is 0.371 e. The third kappa shape index (κ3) is 3.02. The van der Waals surface area contributed by atoms with Crippen LogP contribution in [0.15, 0.2) is 22.7 Å². The van der Waals surface area contributed by atoms with Crippen LogP contribution >= 0.6 is 15.9 Å². The van der Waals surface area contributed by atoms with Gasteiger partial charge in [0.2, 0.25) is 0 Å². The smallest absolute Gasteiger partial charge is 0.0412 e. The van der Waals surface area contributed by atoms with Gasteiger partial charge in [-0.25, -0.2) is 0 Å². The summed E-state index contributed by atoms with van der Waals surface area (Å²) in [4.78, 5) is 2.49. The van der Waals surface area contributed by atoms with Crippen molar-refractivity contribution in [3.05, 3.63) is 28.2 Å². The molecule has 1 fully saturated rings. The van der Waals surface area contributed by atoms with Crippen LogP contribution in [0.4, 0.5) is 5.69 Å². The third-order valence-corrected chi connectivity index (χ3v) is 3.96. The van der Waals surface area contributed by atoms with Gasteiger partial charge in [-0.3, -0.25) is 0 Å². The number of nitrogens with zero attached hydrogens (tertiary/aromatic N) is 1. The minimum Gasteiger partial charge on any atom is -0.371 e. The molecule has 2 N–H and O–H groups in total. The molecule has 3 heteroatoms. The maximum absolute atomic E-state index is 5.85. The number of hydrogen-bond donors (Lipinski definition) is 1. The van der Waals surface area contributed by atoms with E-state index in [9.17, 15) is 0 Å². The predicted octanol–water partition coefficient (Wildman–Crippen LogP) is 3.39. The summed E-state index contributed by atoms with van der Waals surface area (Å²) in [6.45, 7) is 7.58. The zero-order valence-corrected chi connectivity index (χ0v) is 12.2. The van der Waals surface area contributed by atoms with Crippen molar-refractivity contribution < 1.29 is 0 Å². The van der Waals surface area contributed by atoms with Crippen LogP contribution in [0, 0.1) is 11.8 Å². The van der Waals surface area contributed by atoms with Gasteiger partial charge in [0.05, 0.1) is 0 Å². The summed E-state index contributed by atoms with van der Waals surface area (Å²) in [6.07, 6.45) is 1.34. The molecule has 1 aliphatic heterocycles. The van der Waals surface area contributed by atoms with E-state index in [2.05, 4.69) is 52.9 Å². The SMILES string of the molecule is CC1CC(C)CN(c2ccc(Br)cc2CN)C1. The van der Waals surface area contributed by atoms with Crippen LogP contribution in [0.2, 0.25) is 0 Å². The Labute approximate surface area is 112 Å².